The Morgan fingerprint density at radius 3 is 2.89 bits per heavy atom. The van der Waals surface area contributed by atoms with Gasteiger partial charge in [0.2, 0.25) is 5.91 Å². The van der Waals surface area contributed by atoms with Gasteiger partial charge in [0, 0.05) is 19.8 Å². The summed E-state index contributed by atoms with van der Waals surface area (Å²) >= 11 is 0. The van der Waals surface area contributed by atoms with Gasteiger partial charge >= 0.3 is 0 Å². The normalized spacial score (nSPS) is 13.7. The molecular formula is C13H18N4O2. The lowest BCUT2D eigenvalue weighted by Crippen LogP contribution is -2.32. The largest absolute Gasteiger partial charge is 0.360 e. The first-order valence-electron chi connectivity index (χ1n) is 6.38. The number of pyridine rings is 1. The summed E-state index contributed by atoms with van der Waals surface area (Å²) in [4.78, 5) is 27.3. The van der Waals surface area contributed by atoms with E-state index < -0.39 is 0 Å². The summed E-state index contributed by atoms with van der Waals surface area (Å²) in [7, 11) is 1.56. The van der Waals surface area contributed by atoms with Crippen LogP contribution in [0.5, 0.6) is 0 Å². The van der Waals surface area contributed by atoms with Crippen molar-refractivity contribution in [1.82, 2.24) is 15.6 Å². The van der Waals surface area contributed by atoms with Crippen molar-refractivity contribution < 1.29 is 9.59 Å². The van der Waals surface area contributed by atoms with E-state index in [1.165, 1.54) is 12.8 Å². The minimum Gasteiger partial charge on any atom is -0.360 e. The van der Waals surface area contributed by atoms with E-state index in [0.717, 1.165) is 6.54 Å². The Morgan fingerprint density at radius 1 is 1.42 bits per heavy atom. The Balaban J connectivity index is 1.87. The zero-order valence-electron chi connectivity index (χ0n) is 10.9. The smallest absolute Gasteiger partial charge is 0.254 e. The first kappa shape index (κ1) is 13.3. The van der Waals surface area contributed by atoms with E-state index in [0.29, 0.717) is 17.3 Å². The maximum Gasteiger partial charge on any atom is 0.254 e. The van der Waals surface area contributed by atoms with Crippen LogP contribution in [0.25, 0.3) is 0 Å². The van der Waals surface area contributed by atoms with Crippen molar-refractivity contribution in [3.8, 4) is 0 Å². The number of rotatable bonds is 6. The summed E-state index contributed by atoms with van der Waals surface area (Å²) in [6, 6.07) is 3.35. The summed E-state index contributed by atoms with van der Waals surface area (Å²) in [6.07, 6.45) is 3.99. The van der Waals surface area contributed by atoms with E-state index in [1.807, 2.05) is 0 Å². The van der Waals surface area contributed by atoms with Gasteiger partial charge in [0.1, 0.15) is 5.82 Å². The number of hydrogen-bond acceptors (Lipinski definition) is 4. The average molecular weight is 262 g/mol. The maximum atomic E-state index is 11.6. The Bertz CT molecular complexity index is 471. The minimum atomic E-state index is -0.228. The van der Waals surface area contributed by atoms with Crippen molar-refractivity contribution in [3.63, 3.8) is 0 Å². The number of aromatic nitrogens is 1. The molecule has 6 nitrogen and oxygen atoms in total. The van der Waals surface area contributed by atoms with E-state index in [2.05, 4.69) is 20.9 Å². The SMILES string of the molecule is CNC(=O)c1cccnc1NCC(=O)NCC1CC1. The van der Waals surface area contributed by atoms with Crippen LogP contribution in [0.2, 0.25) is 0 Å². The lowest BCUT2D eigenvalue weighted by molar-refractivity contribution is -0.119. The van der Waals surface area contributed by atoms with E-state index >= 15 is 0 Å². The second kappa shape index (κ2) is 6.17. The summed E-state index contributed by atoms with van der Waals surface area (Å²) in [6.45, 7) is 0.860. The van der Waals surface area contributed by atoms with Gasteiger partial charge in [0.15, 0.2) is 0 Å². The van der Waals surface area contributed by atoms with Crippen LogP contribution >= 0.6 is 0 Å². The highest BCUT2D eigenvalue weighted by atomic mass is 16.2. The molecule has 0 aromatic carbocycles. The van der Waals surface area contributed by atoms with Crippen LogP contribution < -0.4 is 16.0 Å². The topological polar surface area (TPSA) is 83.1 Å². The van der Waals surface area contributed by atoms with Crippen molar-refractivity contribution in [2.45, 2.75) is 12.8 Å². The third-order valence-corrected chi connectivity index (χ3v) is 2.98. The molecule has 0 radical (unpaired) electrons. The lowest BCUT2D eigenvalue weighted by atomic mass is 10.2. The molecule has 0 aliphatic heterocycles. The van der Waals surface area contributed by atoms with Crippen LogP contribution in [0.4, 0.5) is 5.82 Å². The van der Waals surface area contributed by atoms with Crippen LogP contribution in [-0.2, 0) is 4.79 Å². The van der Waals surface area contributed by atoms with Crippen molar-refractivity contribution in [3.05, 3.63) is 23.9 Å². The predicted octanol–water partition coefficient (Wildman–Crippen LogP) is 0.379. The molecule has 6 heteroatoms. The van der Waals surface area contributed by atoms with Crippen molar-refractivity contribution in [2.75, 3.05) is 25.5 Å². The molecule has 0 saturated heterocycles. The van der Waals surface area contributed by atoms with Gasteiger partial charge in [-0.3, -0.25) is 9.59 Å². The molecule has 1 heterocycles. The molecule has 2 amide bonds. The third-order valence-electron chi connectivity index (χ3n) is 2.98. The van der Waals surface area contributed by atoms with E-state index in [9.17, 15) is 9.59 Å². The van der Waals surface area contributed by atoms with Crippen molar-refractivity contribution >= 4 is 17.6 Å². The molecule has 1 saturated carbocycles. The Kier molecular flexibility index (Phi) is 4.33. The number of anilines is 1. The van der Waals surface area contributed by atoms with Gasteiger partial charge in [-0.05, 0) is 30.9 Å². The highest BCUT2D eigenvalue weighted by Gasteiger charge is 2.21. The summed E-state index contributed by atoms with van der Waals surface area (Å²) in [5, 5.41) is 8.27. The maximum absolute atomic E-state index is 11.6. The molecule has 0 bridgehead atoms. The molecule has 1 fully saturated rings. The molecule has 2 rings (SSSR count). The Morgan fingerprint density at radius 2 is 2.21 bits per heavy atom. The van der Waals surface area contributed by atoms with Crippen LogP contribution in [0.3, 0.4) is 0 Å². The van der Waals surface area contributed by atoms with Crippen LogP contribution in [0, 0.1) is 5.92 Å². The molecular weight excluding hydrogens is 244 g/mol. The average Bonchev–Trinajstić information content (AvgIpc) is 3.26. The molecule has 19 heavy (non-hydrogen) atoms. The van der Waals surface area contributed by atoms with Crippen LogP contribution in [-0.4, -0.2) is 36.9 Å². The molecule has 0 unspecified atom stereocenters. The van der Waals surface area contributed by atoms with Gasteiger partial charge < -0.3 is 16.0 Å². The lowest BCUT2D eigenvalue weighted by Gasteiger charge is -2.10. The quantitative estimate of drug-likeness (QED) is 0.692. The highest BCUT2D eigenvalue weighted by Crippen LogP contribution is 2.27. The van der Waals surface area contributed by atoms with E-state index in [1.54, 1.807) is 25.4 Å². The van der Waals surface area contributed by atoms with Gasteiger partial charge in [0.05, 0.1) is 12.1 Å². The minimum absolute atomic E-state index is 0.0830. The van der Waals surface area contributed by atoms with Gasteiger partial charge in [-0.25, -0.2) is 4.98 Å². The fraction of sp³-hybridized carbons (Fsp3) is 0.462. The summed E-state index contributed by atoms with van der Waals surface area (Å²) < 4.78 is 0. The Labute approximate surface area is 112 Å². The van der Waals surface area contributed by atoms with E-state index in [4.69, 9.17) is 0 Å². The molecule has 1 aromatic heterocycles. The predicted molar refractivity (Wildman–Crippen MR) is 71.9 cm³/mol. The molecule has 0 atom stereocenters. The number of carbonyl (C=O) groups excluding carboxylic acids is 2. The Hall–Kier alpha value is -2.11. The van der Waals surface area contributed by atoms with Crippen LogP contribution in [0.15, 0.2) is 18.3 Å². The molecule has 0 spiro atoms. The highest BCUT2D eigenvalue weighted by molar-refractivity contribution is 5.98. The standard InChI is InChI=1S/C13H18N4O2/c1-14-13(19)10-3-2-6-15-12(10)17-8-11(18)16-7-9-4-5-9/h2-3,6,9H,4-5,7-8H2,1H3,(H,14,19)(H,15,17)(H,16,18). The van der Waals surface area contributed by atoms with Crippen molar-refractivity contribution in [1.29, 1.82) is 0 Å². The monoisotopic (exact) mass is 262 g/mol. The van der Waals surface area contributed by atoms with Gasteiger partial charge in [-0.1, -0.05) is 0 Å². The molecule has 3 N–H and O–H groups in total. The fourth-order valence-electron chi connectivity index (χ4n) is 1.67. The molecule has 1 aliphatic carbocycles. The van der Waals surface area contributed by atoms with Crippen LogP contribution in [0.1, 0.15) is 23.2 Å². The fourth-order valence-corrected chi connectivity index (χ4v) is 1.67. The van der Waals surface area contributed by atoms with Gasteiger partial charge in [0.25, 0.3) is 5.91 Å². The number of nitrogens with one attached hydrogen (secondary N) is 3. The van der Waals surface area contributed by atoms with Gasteiger partial charge in [-0.15, -0.1) is 0 Å². The second-order valence-corrected chi connectivity index (χ2v) is 4.58. The number of carbonyl (C=O) groups is 2. The molecule has 1 aromatic rings. The second-order valence-electron chi connectivity index (χ2n) is 4.58. The van der Waals surface area contributed by atoms with E-state index in [-0.39, 0.29) is 18.4 Å². The summed E-state index contributed by atoms with van der Waals surface area (Å²) in [5.74, 6) is 0.762. The zero-order valence-corrected chi connectivity index (χ0v) is 10.9. The molecule has 1 aliphatic rings. The number of hydrogen-bond donors (Lipinski definition) is 3. The third kappa shape index (κ3) is 3.94. The first-order valence-corrected chi connectivity index (χ1v) is 6.38. The number of amides is 2. The number of nitrogens with zero attached hydrogens (tertiary/aromatic N) is 1. The zero-order chi connectivity index (χ0) is 13.7. The molecule has 102 valence electrons. The van der Waals surface area contributed by atoms with Crippen molar-refractivity contribution in [2.24, 2.45) is 5.92 Å². The summed E-state index contributed by atoms with van der Waals surface area (Å²) in [5.41, 5.74) is 0.431. The first-order chi connectivity index (χ1) is 9.20. The van der Waals surface area contributed by atoms with Gasteiger partial charge in [-0.2, -0.15) is 0 Å².